The van der Waals surface area contributed by atoms with Gasteiger partial charge < -0.3 is 4.74 Å². The fraction of sp³-hybridized carbons (Fsp3) is 0. The van der Waals surface area contributed by atoms with E-state index < -0.39 is 17.7 Å². The lowest BCUT2D eigenvalue weighted by atomic mass is 10.2. The number of carbonyl (C=O) groups is 2. The molecule has 0 heterocycles. The number of ether oxygens (including phenoxy) is 1. The number of amides is 1. The van der Waals surface area contributed by atoms with Crippen molar-refractivity contribution in [2.24, 2.45) is 5.10 Å². The Kier molecular flexibility index (Phi) is 5.69. The first-order chi connectivity index (χ1) is 13.1. The summed E-state index contributed by atoms with van der Waals surface area (Å²) in [5.41, 5.74) is 3.83. The fourth-order valence-electron chi connectivity index (χ4n) is 2.19. The van der Waals surface area contributed by atoms with E-state index in [0.29, 0.717) is 22.4 Å². The van der Waals surface area contributed by atoms with Gasteiger partial charge in [0.1, 0.15) is 11.6 Å². The van der Waals surface area contributed by atoms with Crippen molar-refractivity contribution in [3.63, 3.8) is 0 Å². The summed E-state index contributed by atoms with van der Waals surface area (Å²) in [4.78, 5) is 23.8. The highest BCUT2D eigenvalue weighted by Crippen LogP contribution is 2.13. The minimum Gasteiger partial charge on any atom is -0.423 e. The number of nitrogens with one attached hydrogen (secondary N) is 1. The third kappa shape index (κ3) is 5.09. The molecule has 0 spiro atoms. The second-order valence-corrected chi connectivity index (χ2v) is 5.53. The Balaban J connectivity index is 1.55. The van der Waals surface area contributed by atoms with Crippen LogP contribution >= 0.6 is 0 Å². The summed E-state index contributed by atoms with van der Waals surface area (Å²) in [5, 5.41) is 3.85. The lowest BCUT2D eigenvalue weighted by Gasteiger charge is -2.04. The van der Waals surface area contributed by atoms with Crippen molar-refractivity contribution < 1.29 is 18.7 Å². The van der Waals surface area contributed by atoms with Gasteiger partial charge in [0, 0.05) is 5.56 Å². The summed E-state index contributed by atoms with van der Waals surface area (Å²) in [6, 6.07) is 20.5. The van der Waals surface area contributed by atoms with Gasteiger partial charge in [0.15, 0.2) is 0 Å². The van der Waals surface area contributed by atoms with Gasteiger partial charge in [-0.3, -0.25) is 4.79 Å². The van der Waals surface area contributed by atoms with Crippen LogP contribution in [0.4, 0.5) is 4.39 Å². The molecule has 3 rings (SSSR count). The molecule has 27 heavy (non-hydrogen) atoms. The molecular formula is C21H15FN2O3. The quantitative estimate of drug-likeness (QED) is 0.325. The van der Waals surface area contributed by atoms with Gasteiger partial charge in [-0.15, -0.1) is 0 Å². The van der Waals surface area contributed by atoms with Crippen molar-refractivity contribution >= 4 is 18.1 Å². The summed E-state index contributed by atoms with van der Waals surface area (Å²) in [6.45, 7) is 0. The maximum atomic E-state index is 12.8. The number of esters is 1. The van der Waals surface area contributed by atoms with Gasteiger partial charge >= 0.3 is 5.97 Å². The van der Waals surface area contributed by atoms with E-state index in [9.17, 15) is 14.0 Å². The van der Waals surface area contributed by atoms with Gasteiger partial charge in [0.25, 0.3) is 5.91 Å². The zero-order valence-electron chi connectivity index (χ0n) is 14.1. The highest BCUT2D eigenvalue weighted by atomic mass is 19.1. The average molecular weight is 362 g/mol. The lowest BCUT2D eigenvalue weighted by molar-refractivity contribution is 0.0734. The molecule has 134 valence electrons. The molecule has 0 saturated heterocycles. The van der Waals surface area contributed by atoms with Gasteiger partial charge in [-0.05, 0) is 66.2 Å². The average Bonchev–Trinajstić information content (AvgIpc) is 2.70. The minimum atomic E-state index is -0.445. The first-order valence-corrected chi connectivity index (χ1v) is 8.08. The Morgan fingerprint density at radius 1 is 0.852 bits per heavy atom. The highest BCUT2D eigenvalue weighted by Gasteiger charge is 2.07. The van der Waals surface area contributed by atoms with Crippen LogP contribution in [0.15, 0.2) is 84.0 Å². The van der Waals surface area contributed by atoms with Crippen molar-refractivity contribution in [3.05, 3.63) is 101 Å². The molecule has 6 heteroatoms. The number of carbonyl (C=O) groups excluding carboxylic acids is 2. The van der Waals surface area contributed by atoms with Crippen LogP contribution in [-0.4, -0.2) is 18.1 Å². The van der Waals surface area contributed by atoms with Crippen molar-refractivity contribution in [1.29, 1.82) is 0 Å². The molecule has 3 aromatic rings. The molecule has 0 unspecified atom stereocenters. The smallest absolute Gasteiger partial charge is 0.343 e. The maximum Gasteiger partial charge on any atom is 0.343 e. The first-order valence-electron chi connectivity index (χ1n) is 8.08. The van der Waals surface area contributed by atoms with Crippen LogP contribution < -0.4 is 10.2 Å². The van der Waals surface area contributed by atoms with E-state index in [0.717, 1.165) is 0 Å². The van der Waals surface area contributed by atoms with E-state index in [1.165, 1.54) is 30.5 Å². The SMILES string of the molecule is O=C(NN=Cc1ccc(OC(=O)c2ccccc2)cc1)c1ccc(F)cc1. The molecule has 0 aliphatic carbocycles. The second kappa shape index (κ2) is 8.53. The van der Waals surface area contributed by atoms with E-state index in [1.54, 1.807) is 48.5 Å². The monoisotopic (exact) mass is 362 g/mol. The highest BCUT2D eigenvalue weighted by molar-refractivity contribution is 5.95. The van der Waals surface area contributed by atoms with Crippen molar-refractivity contribution in [1.82, 2.24) is 5.43 Å². The van der Waals surface area contributed by atoms with E-state index in [2.05, 4.69) is 10.5 Å². The van der Waals surface area contributed by atoms with Crippen LogP contribution in [0.1, 0.15) is 26.3 Å². The van der Waals surface area contributed by atoms with Crippen LogP contribution in [0.25, 0.3) is 0 Å². The Morgan fingerprint density at radius 3 is 2.19 bits per heavy atom. The maximum absolute atomic E-state index is 12.8. The van der Waals surface area contributed by atoms with E-state index in [4.69, 9.17) is 4.74 Å². The van der Waals surface area contributed by atoms with E-state index >= 15 is 0 Å². The number of hydrogen-bond donors (Lipinski definition) is 1. The third-order valence-electron chi connectivity index (χ3n) is 3.59. The predicted molar refractivity (Wildman–Crippen MR) is 99.3 cm³/mol. The molecule has 1 N–H and O–H groups in total. The molecule has 0 aromatic heterocycles. The predicted octanol–water partition coefficient (Wildman–Crippen LogP) is 3.81. The molecule has 0 atom stereocenters. The molecule has 0 fully saturated rings. The molecule has 0 bridgehead atoms. The molecule has 0 aliphatic rings. The first kappa shape index (κ1) is 18.0. The molecule has 3 aromatic carbocycles. The number of hydrogen-bond acceptors (Lipinski definition) is 4. The van der Waals surface area contributed by atoms with Crippen LogP contribution in [0.2, 0.25) is 0 Å². The Morgan fingerprint density at radius 2 is 1.52 bits per heavy atom. The number of nitrogens with zero attached hydrogens (tertiary/aromatic N) is 1. The topological polar surface area (TPSA) is 67.8 Å². The fourth-order valence-corrected chi connectivity index (χ4v) is 2.19. The van der Waals surface area contributed by atoms with Gasteiger partial charge in [-0.25, -0.2) is 14.6 Å². The normalized spacial score (nSPS) is 10.6. The summed E-state index contributed by atoms with van der Waals surface area (Å²) in [5.74, 6) is -0.900. The molecule has 1 amide bonds. The molecule has 0 radical (unpaired) electrons. The summed E-state index contributed by atoms with van der Waals surface area (Å²) in [6.07, 6.45) is 1.45. The van der Waals surface area contributed by atoms with Crippen LogP contribution in [0, 0.1) is 5.82 Å². The molecule has 0 saturated carbocycles. The van der Waals surface area contributed by atoms with Crippen LogP contribution in [0.3, 0.4) is 0 Å². The zero-order valence-corrected chi connectivity index (χ0v) is 14.1. The van der Waals surface area contributed by atoms with Gasteiger partial charge in [-0.2, -0.15) is 5.10 Å². The van der Waals surface area contributed by atoms with E-state index in [-0.39, 0.29) is 0 Å². The van der Waals surface area contributed by atoms with E-state index in [1.807, 2.05) is 6.07 Å². The standard InChI is InChI=1S/C21H15FN2O3/c22-18-10-8-16(9-11-18)20(25)24-23-14-15-6-12-19(13-7-15)27-21(26)17-4-2-1-3-5-17/h1-14H,(H,24,25). The Bertz CT molecular complexity index is 953. The van der Waals surface area contributed by atoms with Crippen molar-refractivity contribution in [3.8, 4) is 5.75 Å². The number of rotatable bonds is 5. The van der Waals surface area contributed by atoms with Gasteiger partial charge in [0.05, 0.1) is 11.8 Å². The zero-order chi connectivity index (χ0) is 19.1. The summed E-state index contributed by atoms with van der Waals surface area (Å²) < 4.78 is 18.1. The minimum absolute atomic E-state index is 0.303. The Hall–Kier alpha value is -3.80. The second-order valence-electron chi connectivity index (χ2n) is 5.53. The number of hydrazone groups is 1. The summed E-state index contributed by atoms with van der Waals surface area (Å²) >= 11 is 0. The van der Waals surface area contributed by atoms with Gasteiger partial charge in [-0.1, -0.05) is 18.2 Å². The third-order valence-corrected chi connectivity index (χ3v) is 3.59. The van der Waals surface area contributed by atoms with Crippen LogP contribution in [-0.2, 0) is 0 Å². The molecule has 5 nitrogen and oxygen atoms in total. The summed E-state index contributed by atoms with van der Waals surface area (Å²) in [7, 11) is 0. The van der Waals surface area contributed by atoms with Crippen molar-refractivity contribution in [2.75, 3.05) is 0 Å². The van der Waals surface area contributed by atoms with Crippen molar-refractivity contribution in [2.45, 2.75) is 0 Å². The largest absolute Gasteiger partial charge is 0.423 e. The number of benzene rings is 3. The lowest BCUT2D eigenvalue weighted by Crippen LogP contribution is -2.17. The Labute approximate surface area is 155 Å². The van der Waals surface area contributed by atoms with Gasteiger partial charge in [0.2, 0.25) is 0 Å². The molecule has 0 aliphatic heterocycles. The molecular weight excluding hydrogens is 347 g/mol. The van der Waals surface area contributed by atoms with Crippen LogP contribution in [0.5, 0.6) is 5.75 Å². The number of halogens is 1.